The molecule has 0 aliphatic heterocycles. The van der Waals surface area contributed by atoms with Crippen LogP contribution in [-0.4, -0.2) is 33.9 Å². The van der Waals surface area contributed by atoms with E-state index in [0.29, 0.717) is 0 Å². The molecule has 106 valence electrons. The van der Waals surface area contributed by atoms with Crippen LogP contribution in [0.2, 0.25) is 0 Å². The third kappa shape index (κ3) is 4.84. The molecule has 1 saturated carbocycles. The molecule has 1 aliphatic carbocycles. The summed E-state index contributed by atoms with van der Waals surface area (Å²) < 4.78 is 10.4. The van der Waals surface area contributed by atoms with E-state index in [-0.39, 0.29) is 0 Å². The first kappa shape index (κ1) is 14.4. The van der Waals surface area contributed by atoms with Crippen LogP contribution in [-0.2, 0) is 11.2 Å². The molecule has 2 rings (SSSR count). The summed E-state index contributed by atoms with van der Waals surface area (Å²) >= 11 is 0. The van der Waals surface area contributed by atoms with E-state index >= 15 is 0 Å². The molecule has 0 spiro atoms. The predicted molar refractivity (Wildman–Crippen MR) is 77.7 cm³/mol. The summed E-state index contributed by atoms with van der Waals surface area (Å²) in [6.45, 7) is 2.82. The van der Waals surface area contributed by atoms with Crippen molar-refractivity contribution in [2.24, 2.45) is 11.8 Å². The maximum Gasteiger partial charge on any atom is 0.119 e. The quantitative estimate of drug-likeness (QED) is 0.694. The Balaban J connectivity index is 1.85. The predicted octanol–water partition coefficient (Wildman–Crippen LogP) is 2.50. The van der Waals surface area contributed by atoms with Crippen LogP contribution in [0, 0.1) is 11.8 Å². The normalized spacial score (nSPS) is 16.3. The Morgan fingerprint density at radius 1 is 1.32 bits per heavy atom. The molecule has 0 radical (unpaired) electrons. The molecule has 0 amide bonds. The van der Waals surface area contributed by atoms with Crippen LogP contribution >= 0.6 is 0 Å². The van der Waals surface area contributed by atoms with Crippen LogP contribution < -0.4 is 10.1 Å². The van der Waals surface area contributed by atoms with Crippen LogP contribution in [0.3, 0.4) is 0 Å². The van der Waals surface area contributed by atoms with E-state index in [2.05, 4.69) is 23.5 Å². The molecule has 0 aromatic heterocycles. The fraction of sp³-hybridized carbons (Fsp3) is 0.625. The number of nitrogens with one attached hydrogen (secondary N) is 1. The largest absolute Gasteiger partial charge is 0.497 e. The van der Waals surface area contributed by atoms with E-state index in [1.165, 1.54) is 18.4 Å². The van der Waals surface area contributed by atoms with Crippen molar-refractivity contribution in [3.05, 3.63) is 29.8 Å². The Hall–Kier alpha value is -1.06. The van der Waals surface area contributed by atoms with Crippen molar-refractivity contribution in [3.63, 3.8) is 0 Å². The average molecular weight is 263 g/mol. The monoisotopic (exact) mass is 263 g/mol. The Morgan fingerprint density at radius 2 is 2.16 bits per heavy atom. The van der Waals surface area contributed by atoms with Crippen LogP contribution in [0.15, 0.2) is 24.3 Å². The molecule has 19 heavy (non-hydrogen) atoms. The fourth-order valence-electron chi connectivity index (χ4n) is 2.54. The lowest BCUT2D eigenvalue weighted by Crippen LogP contribution is -2.28. The lowest BCUT2D eigenvalue weighted by Gasteiger charge is -2.17. The Kier molecular flexibility index (Phi) is 5.67. The number of methoxy groups -OCH3 is 2. The molecular formula is C16H25NO2. The topological polar surface area (TPSA) is 30.5 Å². The van der Waals surface area contributed by atoms with E-state index < -0.39 is 0 Å². The van der Waals surface area contributed by atoms with E-state index in [4.69, 9.17) is 9.47 Å². The molecule has 1 fully saturated rings. The molecule has 1 aromatic rings. The summed E-state index contributed by atoms with van der Waals surface area (Å²) in [4.78, 5) is 0. The maximum absolute atomic E-state index is 5.29. The third-order valence-electron chi connectivity index (χ3n) is 3.81. The number of hydrogen-bond donors (Lipinski definition) is 1. The van der Waals surface area contributed by atoms with Gasteiger partial charge in [-0.3, -0.25) is 0 Å². The minimum absolute atomic E-state index is 0.740. The van der Waals surface area contributed by atoms with Crippen LogP contribution in [0.4, 0.5) is 0 Å². The van der Waals surface area contributed by atoms with Crippen molar-refractivity contribution >= 4 is 0 Å². The third-order valence-corrected chi connectivity index (χ3v) is 3.81. The second-order valence-electron chi connectivity index (χ2n) is 5.35. The Labute approximate surface area is 116 Å². The van der Waals surface area contributed by atoms with Crippen LogP contribution in [0.5, 0.6) is 5.75 Å². The highest BCUT2D eigenvalue weighted by Crippen LogP contribution is 2.38. The first-order valence-electron chi connectivity index (χ1n) is 7.16. The van der Waals surface area contributed by atoms with Gasteiger partial charge in [0.1, 0.15) is 5.75 Å². The second-order valence-corrected chi connectivity index (χ2v) is 5.35. The number of hydrogen-bond acceptors (Lipinski definition) is 3. The summed E-state index contributed by atoms with van der Waals surface area (Å²) in [5.41, 5.74) is 1.38. The lowest BCUT2D eigenvalue weighted by molar-refractivity contribution is 0.197. The van der Waals surface area contributed by atoms with Gasteiger partial charge in [0.25, 0.3) is 0 Å². The van der Waals surface area contributed by atoms with Crippen molar-refractivity contribution < 1.29 is 9.47 Å². The molecule has 1 atom stereocenters. The number of ether oxygens (including phenoxy) is 2. The Bertz CT molecular complexity index is 377. The van der Waals surface area contributed by atoms with Crippen molar-refractivity contribution in [3.8, 4) is 5.75 Å². The van der Waals surface area contributed by atoms with Gasteiger partial charge < -0.3 is 14.8 Å². The molecule has 1 aromatic carbocycles. The summed E-state index contributed by atoms with van der Waals surface area (Å²) in [7, 11) is 3.47. The lowest BCUT2D eigenvalue weighted by atomic mass is 9.94. The van der Waals surface area contributed by atoms with E-state index in [1.807, 2.05) is 6.07 Å². The molecule has 1 unspecified atom stereocenters. The molecule has 1 N–H and O–H groups in total. The van der Waals surface area contributed by atoms with Gasteiger partial charge in [-0.05, 0) is 55.3 Å². The second kappa shape index (κ2) is 7.51. The first-order chi connectivity index (χ1) is 9.33. The molecule has 1 aliphatic rings. The minimum Gasteiger partial charge on any atom is -0.497 e. The molecule has 3 nitrogen and oxygen atoms in total. The van der Waals surface area contributed by atoms with E-state index in [9.17, 15) is 0 Å². The van der Waals surface area contributed by atoms with Crippen molar-refractivity contribution in [1.82, 2.24) is 5.32 Å². The summed E-state index contributed by atoms with van der Waals surface area (Å²) in [6, 6.07) is 8.44. The highest BCUT2D eigenvalue weighted by molar-refractivity contribution is 5.28. The van der Waals surface area contributed by atoms with Gasteiger partial charge in [0.15, 0.2) is 0 Å². The van der Waals surface area contributed by atoms with E-state index in [1.54, 1.807) is 14.2 Å². The smallest absolute Gasteiger partial charge is 0.119 e. The maximum atomic E-state index is 5.29. The van der Waals surface area contributed by atoms with Gasteiger partial charge in [0.05, 0.1) is 13.7 Å². The van der Waals surface area contributed by atoms with Gasteiger partial charge in [0.2, 0.25) is 0 Å². The molecular weight excluding hydrogens is 238 g/mol. The zero-order valence-electron chi connectivity index (χ0n) is 12.0. The molecule has 0 heterocycles. The van der Waals surface area contributed by atoms with Crippen LogP contribution in [0.1, 0.15) is 18.4 Å². The van der Waals surface area contributed by atoms with Crippen LogP contribution in [0.25, 0.3) is 0 Å². The SMILES string of the molecule is COCCNCC(Cc1cccc(OC)c1)C1CC1. The number of benzene rings is 1. The average Bonchev–Trinajstić information content (AvgIpc) is 3.27. The van der Waals surface area contributed by atoms with E-state index in [0.717, 1.165) is 43.7 Å². The zero-order valence-corrected chi connectivity index (χ0v) is 12.0. The van der Waals surface area contributed by atoms with Crippen molar-refractivity contribution in [2.75, 3.05) is 33.9 Å². The van der Waals surface area contributed by atoms with Gasteiger partial charge in [-0.25, -0.2) is 0 Å². The fourth-order valence-corrected chi connectivity index (χ4v) is 2.54. The summed E-state index contributed by atoms with van der Waals surface area (Å²) in [6.07, 6.45) is 3.92. The first-order valence-corrected chi connectivity index (χ1v) is 7.16. The zero-order chi connectivity index (χ0) is 13.5. The van der Waals surface area contributed by atoms with Crippen molar-refractivity contribution in [1.29, 1.82) is 0 Å². The molecule has 0 bridgehead atoms. The summed E-state index contributed by atoms with van der Waals surface area (Å²) in [5, 5.41) is 3.50. The highest BCUT2D eigenvalue weighted by Gasteiger charge is 2.30. The van der Waals surface area contributed by atoms with Crippen molar-refractivity contribution in [2.45, 2.75) is 19.3 Å². The highest BCUT2D eigenvalue weighted by atomic mass is 16.5. The summed E-state index contributed by atoms with van der Waals surface area (Å²) in [5.74, 6) is 2.60. The van der Waals surface area contributed by atoms with Gasteiger partial charge in [-0.2, -0.15) is 0 Å². The molecule has 0 saturated heterocycles. The van der Waals surface area contributed by atoms with Gasteiger partial charge in [-0.1, -0.05) is 12.1 Å². The number of rotatable bonds is 9. The minimum atomic E-state index is 0.740. The Morgan fingerprint density at radius 3 is 2.84 bits per heavy atom. The molecule has 3 heteroatoms. The standard InChI is InChI=1S/C16H25NO2/c1-18-9-8-17-12-15(14-6-7-14)10-13-4-3-5-16(11-13)19-2/h3-5,11,14-15,17H,6-10,12H2,1-2H3. The van der Waals surface area contributed by atoms with Gasteiger partial charge in [-0.15, -0.1) is 0 Å². The van der Waals surface area contributed by atoms with Gasteiger partial charge >= 0.3 is 0 Å². The van der Waals surface area contributed by atoms with Gasteiger partial charge in [0, 0.05) is 13.7 Å².